The minimum atomic E-state index is -0.410. The number of fused-ring (bicyclic) bond motifs is 1. The number of hydrogen-bond acceptors (Lipinski definition) is 5. The van der Waals surface area contributed by atoms with Crippen LogP contribution in [0.5, 0.6) is 0 Å². The van der Waals surface area contributed by atoms with Gasteiger partial charge in [0.05, 0.1) is 11.5 Å². The van der Waals surface area contributed by atoms with Gasteiger partial charge >= 0.3 is 0 Å². The summed E-state index contributed by atoms with van der Waals surface area (Å²) in [6, 6.07) is 10.0. The summed E-state index contributed by atoms with van der Waals surface area (Å²) in [6.07, 6.45) is 2.53. The van der Waals surface area contributed by atoms with Crippen molar-refractivity contribution in [1.29, 1.82) is 0 Å². The van der Waals surface area contributed by atoms with Crippen molar-refractivity contribution in [3.05, 3.63) is 63.3 Å². The van der Waals surface area contributed by atoms with Crippen molar-refractivity contribution in [3.63, 3.8) is 0 Å². The minimum absolute atomic E-state index is 0.208. The average Bonchev–Trinajstić information content (AvgIpc) is 3.21. The zero-order valence-corrected chi connectivity index (χ0v) is 19.4. The normalized spacial score (nSPS) is 17.4. The van der Waals surface area contributed by atoms with E-state index in [4.69, 9.17) is 4.74 Å². The second kappa shape index (κ2) is 9.34. The summed E-state index contributed by atoms with van der Waals surface area (Å²) in [5.41, 5.74) is 5.32. The molecule has 3 heterocycles. The number of aromatic nitrogens is 1. The molecule has 4 rings (SSSR count). The number of rotatable bonds is 6. The SMILES string of the molecule is COCCn1c(C)cc(C=C2SC(=O)N(CC(=O)N3CCc4ccccc4C3)C2=O)c1C. The number of methoxy groups -OCH3 is 1. The summed E-state index contributed by atoms with van der Waals surface area (Å²) in [7, 11) is 1.66. The van der Waals surface area contributed by atoms with Crippen LogP contribution in [0.25, 0.3) is 6.08 Å². The smallest absolute Gasteiger partial charge is 0.294 e. The standard InChI is InChI=1S/C24H27N3O4S/c1-16-12-20(17(2)26(16)10-11-31-3)13-21-23(29)27(24(30)32-21)15-22(28)25-9-8-18-6-4-5-7-19(18)14-25/h4-7,12-13H,8-11,14-15H2,1-3H3. The van der Waals surface area contributed by atoms with Gasteiger partial charge in [0.25, 0.3) is 11.1 Å². The lowest BCUT2D eigenvalue weighted by atomic mass is 10.00. The van der Waals surface area contributed by atoms with Crippen molar-refractivity contribution < 1.29 is 19.1 Å². The van der Waals surface area contributed by atoms with Gasteiger partial charge in [-0.1, -0.05) is 24.3 Å². The molecule has 8 heteroatoms. The summed E-state index contributed by atoms with van der Waals surface area (Å²) in [6.45, 7) is 6.17. The first-order valence-corrected chi connectivity index (χ1v) is 11.5. The Morgan fingerprint density at radius 3 is 2.69 bits per heavy atom. The molecule has 2 aliphatic heterocycles. The molecule has 1 saturated heterocycles. The highest BCUT2D eigenvalue weighted by molar-refractivity contribution is 8.18. The van der Waals surface area contributed by atoms with Crippen LogP contribution in [0.2, 0.25) is 0 Å². The molecular weight excluding hydrogens is 426 g/mol. The molecular formula is C24H27N3O4S. The van der Waals surface area contributed by atoms with Crippen LogP contribution >= 0.6 is 11.8 Å². The summed E-state index contributed by atoms with van der Waals surface area (Å²) in [4.78, 5) is 41.4. The Kier molecular flexibility index (Phi) is 6.53. The third-order valence-electron chi connectivity index (χ3n) is 6.07. The molecule has 168 valence electrons. The number of carbonyl (C=O) groups excluding carboxylic acids is 3. The van der Waals surface area contributed by atoms with Crippen LogP contribution in [0.1, 0.15) is 28.1 Å². The molecule has 3 amide bonds. The molecule has 0 spiro atoms. The van der Waals surface area contributed by atoms with Crippen LogP contribution in [0.4, 0.5) is 4.79 Å². The van der Waals surface area contributed by atoms with Crippen molar-refractivity contribution in [2.24, 2.45) is 0 Å². The van der Waals surface area contributed by atoms with Gasteiger partial charge in [0.2, 0.25) is 5.91 Å². The molecule has 0 radical (unpaired) electrons. The highest BCUT2D eigenvalue weighted by Gasteiger charge is 2.37. The van der Waals surface area contributed by atoms with E-state index in [0.29, 0.717) is 24.6 Å². The van der Waals surface area contributed by atoms with Crippen molar-refractivity contribution in [1.82, 2.24) is 14.4 Å². The molecule has 7 nitrogen and oxygen atoms in total. The van der Waals surface area contributed by atoms with Crippen LogP contribution in [-0.2, 0) is 33.8 Å². The fourth-order valence-corrected chi connectivity index (χ4v) is 5.05. The van der Waals surface area contributed by atoms with Gasteiger partial charge in [-0.2, -0.15) is 0 Å². The van der Waals surface area contributed by atoms with E-state index in [0.717, 1.165) is 52.1 Å². The molecule has 0 N–H and O–H groups in total. The van der Waals surface area contributed by atoms with Gasteiger partial charge in [-0.05, 0) is 60.9 Å². The first-order valence-electron chi connectivity index (χ1n) is 10.6. The molecule has 1 aromatic carbocycles. The number of hydrogen-bond donors (Lipinski definition) is 0. The molecule has 0 unspecified atom stereocenters. The van der Waals surface area contributed by atoms with E-state index in [9.17, 15) is 14.4 Å². The second-order valence-electron chi connectivity index (χ2n) is 8.07. The van der Waals surface area contributed by atoms with Crippen molar-refractivity contribution >= 4 is 34.9 Å². The molecule has 2 aromatic rings. The van der Waals surface area contributed by atoms with Gasteiger partial charge < -0.3 is 14.2 Å². The van der Waals surface area contributed by atoms with Gasteiger partial charge in [-0.25, -0.2) is 0 Å². The van der Waals surface area contributed by atoms with Crippen LogP contribution in [0, 0.1) is 13.8 Å². The summed E-state index contributed by atoms with van der Waals surface area (Å²) in [5.74, 6) is -0.617. The number of benzene rings is 1. The number of amides is 3. The average molecular weight is 454 g/mol. The fraction of sp³-hybridized carbons (Fsp3) is 0.375. The number of imide groups is 1. The van der Waals surface area contributed by atoms with Crippen LogP contribution in [-0.4, -0.2) is 58.2 Å². The van der Waals surface area contributed by atoms with Crippen LogP contribution < -0.4 is 0 Å². The van der Waals surface area contributed by atoms with Crippen LogP contribution in [0.15, 0.2) is 35.2 Å². The maximum absolute atomic E-state index is 12.9. The Labute approximate surface area is 192 Å². The number of ether oxygens (including phenoxy) is 1. The summed E-state index contributed by atoms with van der Waals surface area (Å²) in [5, 5.41) is -0.403. The highest BCUT2D eigenvalue weighted by Crippen LogP contribution is 2.33. The van der Waals surface area contributed by atoms with E-state index in [1.54, 1.807) is 18.1 Å². The van der Waals surface area contributed by atoms with E-state index >= 15 is 0 Å². The van der Waals surface area contributed by atoms with Gasteiger partial charge in [0.15, 0.2) is 0 Å². The zero-order valence-electron chi connectivity index (χ0n) is 18.6. The molecule has 0 atom stereocenters. The van der Waals surface area contributed by atoms with Crippen molar-refractivity contribution in [2.45, 2.75) is 33.4 Å². The molecule has 2 aliphatic rings. The van der Waals surface area contributed by atoms with Crippen LogP contribution in [0.3, 0.4) is 0 Å². The maximum atomic E-state index is 12.9. The van der Waals surface area contributed by atoms with Gasteiger partial charge in [0, 0.05) is 38.1 Å². The monoisotopic (exact) mass is 453 g/mol. The third-order valence-corrected chi connectivity index (χ3v) is 6.98. The number of aryl methyl sites for hydroxylation is 1. The topological polar surface area (TPSA) is 71.8 Å². The molecule has 1 fully saturated rings. The summed E-state index contributed by atoms with van der Waals surface area (Å²) < 4.78 is 7.29. The fourth-order valence-electron chi connectivity index (χ4n) is 4.22. The Hall–Kier alpha value is -2.84. The lowest BCUT2D eigenvalue weighted by Gasteiger charge is -2.29. The van der Waals surface area contributed by atoms with E-state index < -0.39 is 11.1 Å². The molecule has 1 aromatic heterocycles. The number of nitrogens with zero attached hydrogens (tertiary/aromatic N) is 3. The van der Waals surface area contributed by atoms with Crippen molar-refractivity contribution in [3.8, 4) is 0 Å². The Balaban J connectivity index is 1.46. The molecule has 32 heavy (non-hydrogen) atoms. The zero-order chi connectivity index (χ0) is 22.8. The molecule has 0 saturated carbocycles. The highest BCUT2D eigenvalue weighted by atomic mass is 32.2. The van der Waals surface area contributed by atoms with Gasteiger partial charge in [0.1, 0.15) is 6.54 Å². The van der Waals surface area contributed by atoms with Gasteiger partial charge in [-0.15, -0.1) is 0 Å². The van der Waals surface area contributed by atoms with E-state index in [1.165, 1.54) is 5.56 Å². The van der Waals surface area contributed by atoms with E-state index in [-0.39, 0.29) is 12.5 Å². The second-order valence-corrected chi connectivity index (χ2v) is 9.07. The first kappa shape index (κ1) is 22.4. The van der Waals surface area contributed by atoms with E-state index in [2.05, 4.69) is 10.6 Å². The predicted octanol–water partition coefficient (Wildman–Crippen LogP) is 3.37. The minimum Gasteiger partial charge on any atom is -0.383 e. The Bertz CT molecular complexity index is 1100. The maximum Gasteiger partial charge on any atom is 0.294 e. The first-order chi connectivity index (χ1) is 15.4. The lowest BCUT2D eigenvalue weighted by Crippen LogP contribution is -2.44. The quantitative estimate of drug-likeness (QED) is 0.627. The van der Waals surface area contributed by atoms with Crippen molar-refractivity contribution in [2.75, 3.05) is 26.8 Å². The third kappa shape index (κ3) is 4.38. The number of thioether (sulfide) groups is 1. The summed E-state index contributed by atoms with van der Waals surface area (Å²) >= 11 is 0.889. The van der Waals surface area contributed by atoms with E-state index in [1.807, 2.05) is 38.1 Å². The Morgan fingerprint density at radius 1 is 1.19 bits per heavy atom. The predicted molar refractivity (Wildman–Crippen MR) is 124 cm³/mol. The van der Waals surface area contributed by atoms with Gasteiger partial charge in [-0.3, -0.25) is 19.3 Å². The lowest BCUT2D eigenvalue weighted by molar-refractivity contribution is -0.136. The number of carbonyl (C=O) groups is 3. The Morgan fingerprint density at radius 2 is 1.94 bits per heavy atom. The largest absolute Gasteiger partial charge is 0.383 e. The molecule has 0 bridgehead atoms. The molecule has 0 aliphatic carbocycles.